The van der Waals surface area contributed by atoms with E-state index >= 15 is 0 Å². The Bertz CT molecular complexity index is 476. The number of rotatable bonds is 0. The molecule has 0 amide bonds. The lowest BCUT2D eigenvalue weighted by atomic mass is 10.2. The van der Waals surface area contributed by atoms with Crippen molar-refractivity contribution >= 4 is 22.6 Å². The van der Waals surface area contributed by atoms with Gasteiger partial charge in [-0.25, -0.2) is 0 Å². The third-order valence-electron chi connectivity index (χ3n) is 2.61. The van der Waals surface area contributed by atoms with Crippen LogP contribution in [0.2, 0.25) is 0 Å². The molecule has 76 valence electrons. The molecular formula is C12H10OS2. The van der Waals surface area contributed by atoms with E-state index in [0.717, 1.165) is 9.79 Å². The summed E-state index contributed by atoms with van der Waals surface area (Å²) in [6.07, 6.45) is 8.24. The Labute approximate surface area is 95.7 Å². The van der Waals surface area contributed by atoms with Gasteiger partial charge in [-0.2, -0.15) is 0 Å². The molecular weight excluding hydrogens is 224 g/mol. The molecule has 1 heterocycles. The second-order valence-electron chi connectivity index (χ2n) is 3.56. The van der Waals surface area contributed by atoms with Crippen LogP contribution in [0.1, 0.15) is 0 Å². The predicted octanol–water partition coefficient (Wildman–Crippen LogP) is 2.76. The number of thioether (sulfide) groups is 1. The Morgan fingerprint density at radius 2 is 1.93 bits per heavy atom. The van der Waals surface area contributed by atoms with Crippen molar-refractivity contribution in [2.75, 3.05) is 0 Å². The van der Waals surface area contributed by atoms with E-state index in [-0.39, 0.29) is 5.25 Å². The molecule has 1 aromatic carbocycles. The first kappa shape index (κ1) is 9.43. The number of hydrogen-bond acceptors (Lipinski definition) is 2. The van der Waals surface area contributed by atoms with E-state index < -0.39 is 10.8 Å². The first-order chi connectivity index (χ1) is 7.36. The van der Waals surface area contributed by atoms with Gasteiger partial charge in [0.15, 0.2) is 0 Å². The molecule has 0 radical (unpaired) electrons. The Balaban J connectivity index is 2.11. The molecule has 0 N–H and O–H groups in total. The van der Waals surface area contributed by atoms with Gasteiger partial charge in [0.25, 0.3) is 0 Å². The van der Waals surface area contributed by atoms with Crippen LogP contribution < -0.4 is 0 Å². The van der Waals surface area contributed by atoms with Crippen molar-refractivity contribution in [3.05, 3.63) is 48.6 Å². The molecule has 3 atom stereocenters. The lowest BCUT2D eigenvalue weighted by Crippen LogP contribution is -2.29. The maximum atomic E-state index is 12.3. The normalized spacial score (nSPS) is 32.1. The molecule has 1 nitrogen and oxygen atoms in total. The highest BCUT2D eigenvalue weighted by Crippen LogP contribution is 2.40. The minimum Gasteiger partial charge on any atom is -0.254 e. The lowest BCUT2D eigenvalue weighted by Gasteiger charge is -2.29. The van der Waals surface area contributed by atoms with Crippen molar-refractivity contribution in [3.63, 3.8) is 0 Å². The summed E-state index contributed by atoms with van der Waals surface area (Å²) in [6.45, 7) is 0. The Morgan fingerprint density at radius 3 is 2.87 bits per heavy atom. The van der Waals surface area contributed by atoms with Crippen molar-refractivity contribution < 1.29 is 4.21 Å². The van der Waals surface area contributed by atoms with Crippen LogP contribution in [0.4, 0.5) is 0 Å². The van der Waals surface area contributed by atoms with Gasteiger partial charge in [0.1, 0.15) is 0 Å². The van der Waals surface area contributed by atoms with Crippen LogP contribution in [0.5, 0.6) is 0 Å². The molecule has 0 bridgehead atoms. The molecule has 0 spiro atoms. The van der Waals surface area contributed by atoms with Crippen LogP contribution in [-0.2, 0) is 10.8 Å². The van der Waals surface area contributed by atoms with Gasteiger partial charge in [0.05, 0.1) is 20.9 Å². The van der Waals surface area contributed by atoms with E-state index in [2.05, 4.69) is 18.2 Å². The number of hydrogen-bond donors (Lipinski definition) is 0. The van der Waals surface area contributed by atoms with Crippen LogP contribution in [-0.4, -0.2) is 14.7 Å². The molecule has 2 aliphatic rings. The van der Waals surface area contributed by atoms with Gasteiger partial charge < -0.3 is 0 Å². The summed E-state index contributed by atoms with van der Waals surface area (Å²) in [5, 5.41) is 0.487. The second kappa shape index (κ2) is 3.65. The van der Waals surface area contributed by atoms with Gasteiger partial charge in [-0.1, -0.05) is 36.4 Å². The maximum Gasteiger partial charge on any atom is 0.0735 e. The van der Waals surface area contributed by atoms with Gasteiger partial charge in [0.2, 0.25) is 0 Å². The average Bonchev–Trinajstić information content (AvgIpc) is 2.30. The molecule has 0 fully saturated rings. The summed E-state index contributed by atoms with van der Waals surface area (Å²) in [5.41, 5.74) is 0. The van der Waals surface area contributed by atoms with Crippen LogP contribution >= 0.6 is 11.8 Å². The molecule has 3 unspecified atom stereocenters. The van der Waals surface area contributed by atoms with Crippen molar-refractivity contribution in [1.29, 1.82) is 0 Å². The van der Waals surface area contributed by atoms with E-state index in [1.807, 2.05) is 42.1 Å². The smallest absolute Gasteiger partial charge is 0.0735 e. The first-order valence-corrected chi connectivity index (χ1v) is 6.97. The third kappa shape index (κ3) is 1.50. The third-order valence-corrected chi connectivity index (χ3v) is 5.98. The summed E-state index contributed by atoms with van der Waals surface area (Å²) >= 11 is 1.81. The summed E-state index contributed by atoms with van der Waals surface area (Å²) in [6, 6.07) is 7.99. The van der Waals surface area contributed by atoms with Gasteiger partial charge in [0, 0.05) is 10.1 Å². The second-order valence-corrected chi connectivity index (χ2v) is 6.36. The highest BCUT2D eigenvalue weighted by molar-refractivity contribution is 8.02. The summed E-state index contributed by atoms with van der Waals surface area (Å²) in [4.78, 5) is 2.15. The lowest BCUT2D eigenvalue weighted by molar-refractivity contribution is 0.674. The van der Waals surface area contributed by atoms with E-state index in [1.54, 1.807) is 0 Å². The fraction of sp³-hybridized carbons (Fsp3) is 0.167. The highest BCUT2D eigenvalue weighted by atomic mass is 32.2. The van der Waals surface area contributed by atoms with Crippen LogP contribution in [0.25, 0.3) is 0 Å². The van der Waals surface area contributed by atoms with E-state index in [0.29, 0.717) is 5.25 Å². The topological polar surface area (TPSA) is 17.1 Å². The average molecular weight is 234 g/mol. The van der Waals surface area contributed by atoms with Crippen LogP contribution in [0, 0.1) is 0 Å². The zero-order valence-corrected chi connectivity index (χ0v) is 9.63. The first-order valence-electron chi connectivity index (χ1n) is 4.87. The van der Waals surface area contributed by atoms with Crippen molar-refractivity contribution in [2.45, 2.75) is 20.3 Å². The SMILES string of the molecule is O=S1c2ccccc2SC2C=CC=CC21. The van der Waals surface area contributed by atoms with Crippen molar-refractivity contribution in [3.8, 4) is 0 Å². The number of allylic oxidation sites excluding steroid dienone is 2. The Hall–Kier alpha value is -0.800. The molecule has 15 heavy (non-hydrogen) atoms. The molecule has 1 aliphatic heterocycles. The minimum atomic E-state index is -0.891. The summed E-state index contributed by atoms with van der Waals surface area (Å²) in [7, 11) is -0.891. The fourth-order valence-corrected chi connectivity index (χ4v) is 5.10. The van der Waals surface area contributed by atoms with E-state index in [1.165, 1.54) is 0 Å². The molecule has 0 aromatic heterocycles. The van der Waals surface area contributed by atoms with E-state index in [9.17, 15) is 4.21 Å². The maximum absolute atomic E-state index is 12.3. The quantitative estimate of drug-likeness (QED) is 0.686. The number of benzene rings is 1. The van der Waals surface area contributed by atoms with Crippen LogP contribution in [0.15, 0.2) is 58.4 Å². The Kier molecular flexibility index (Phi) is 2.29. The zero-order chi connectivity index (χ0) is 10.3. The summed E-state index contributed by atoms with van der Waals surface area (Å²) in [5.74, 6) is 0. The van der Waals surface area contributed by atoms with Gasteiger partial charge >= 0.3 is 0 Å². The molecule has 1 aliphatic carbocycles. The van der Waals surface area contributed by atoms with Crippen molar-refractivity contribution in [1.82, 2.24) is 0 Å². The largest absolute Gasteiger partial charge is 0.254 e. The highest BCUT2D eigenvalue weighted by Gasteiger charge is 2.32. The van der Waals surface area contributed by atoms with Gasteiger partial charge in [-0.3, -0.25) is 4.21 Å². The van der Waals surface area contributed by atoms with Crippen molar-refractivity contribution in [2.24, 2.45) is 0 Å². The molecule has 3 rings (SSSR count). The standard InChI is InChI=1S/C12H10OS2/c13-15-11-7-3-1-5-9(11)14-10-6-2-4-8-12(10)15/h1-9,11H. The van der Waals surface area contributed by atoms with E-state index in [4.69, 9.17) is 0 Å². The number of fused-ring (bicyclic) bond motifs is 2. The van der Waals surface area contributed by atoms with Crippen LogP contribution in [0.3, 0.4) is 0 Å². The van der Waals surface area contributed by atoms with Gasteiger partial charge in [-0.05, 0) is 12.1 Å². The zero-order valence-electron chi connectivity index (χ0n) is 8.00. The van der Waals surface area contributed by atoms with Gasteiger partial charge in [-0.15, -0.1) is 11.8 Å². The monoisotopic (exact) mass is 234 g/mol. The predicted molar refractivity (Wildman–Crippen MR) is 64.6 cm³/mol. The molecule has 3 heteroatoms. The Morgan fingerprint density at radius 1 is 1.13 bits per heavy atom. The molecule has 0 saturated heterocycles. The molecule has 1 aromatic rings. The minimum absolute atomic E-state index is 0.148. The summed E-state index contributed by atoms with van der Waals surface area (Å²) < 4.78 is 12.3. The molecule has 0 saturated carbocycles. The fourth-order valence-electron chi connectivity index (χ4n) is 1.87.